The molecule has 1 aromatic rings. The van der Waals surface area contributed by atoms with Crippen LogP contribution in [-0.4, -0.2) is 48.7 Å². The third kappa shape index (κ3) is 2.50. The first-order valence-electron chi connectivity index (χ1n) is 6.09. The largest absolute Gasteiger partial charge is 0.464 e. The van der Waals surface area contributed by atoms with Crippen LogP contribution < -0.4 is 0 Å². The first-order chi connectivity index (χ1) is 8.98. The molecule has 1 fully saturated rings. The molecule has 0 saturated carbocycles. The molecule has 0 atom stereocenters. The van der Waals surface area contributed by atoms with Gasteiger partial charge in [-0.05, 0) is 12.8 Å². The summed E-state index contributed by atoms with van der Waals surface area (Å²) in [6.45, 7) is 0.968. The second-order valence-corrected chi connectivity index (χ2v) is 6.34. The highest BCUT2D eigenvalue weighted by molar-refractivity contribution is 7.89. The summed E-state index contributed by atoms with van der Waals surface area (Å²) >= 11 is 0. The van der Waals surface area contributed by atoms with Gasteiger partial charge < -0.3 is 4.74 Å². The quantitative estimate of drug-likeness (QED) is 0.751. The van der Waals surface area contributed by atoms with E-state index in [4.69, 9.17) is 0 Å². The van der Waals surface area contributed by atoms with Crippen LogP contribution in [0.25, 0.3) is 0 Å². The molecule has 7 nitrogen and oxygen atoms in total. The lowest BCUT2D eigenvalue weighted by Gasteiger charge is -2.25. The van der Waals surface area contributed by atoms with Gasteiger partial charge in [0.05, 0.1) is 13.3 Å². The Labute approximate surface area is 112 Å². The summed E-state index contributed by atoms with van der Waals surface area (Å²) in [5.74, 6) is -0.699. The maximum Gasteiger partial charge on any atom is 0.357 e. The molecule has 0 amide bonds. The molecule has 8 heteroatoms. The molecule has 0 spiro atoms. The summed E-state index contributed by atoms with van der Waals surface area (Å²) in [5, 5.41) is 3.86. The molecule has 0 N–H and O–H groups in total. The SMILES string of the molecule is COC(=O)c1c(S(=O)(=O)N2CCCCC2)cnn1C. The van der Waals surface area contributed by atoms with Crippen molar-refractivity contribution in [3.8, 4) is 0 Å². The van der Waals surface area contributed by atoms with Gasteiger partial charge in [0.1, 0.15) is 4.90 Å². The molecule has 2 heterocycles. The molecule has 0 bridgehead atoms. The van der Waals surface area contributed by atoms with Crippen molar-refractivity contribution in [3.63, 3.8) is 0 Å². The second kappa shape index (κ2) is 5.30. The van der Waals surface area contributed by atoms with E-state index in [0.29, 0.717) is 13.1 Å². The summed E-state index contributed by atoms with van der Waals surface area (Å²) in [4.78, 5) is 11.6. The zero-order valence-corrected chi connectivity index (χ0v) is 11.8. The first-order valence-corrected chi connectivity index (χ1v) is 7.53. The van der Waals surface area contributed by atoms with Crippen molar-refractivity contribution in [1.29, 1.82) is 0 Å². The Balaban J connectivity index is 2.43. The van der Waals surface area contributed by atoms with Gasteiger partial charge in [0, 0.05) is 20.1 Å². The number of hydrogen-bond acceptors (Lipinski definition) is 5. The minimum atomic E-state index is -3.68. The summed E-state index contributed by atoms with van der Waals surface area (Å²) < 4.78 is 32.3. The molecule has 1 aromatic heterocycles. The molecule has 19 heavy (non-hydrogen) atoms. The zero-order chi connectivity index (χ0) is 14.0. The summed E-state index contributed by atoms with van der Waals surface area (Å²) in [5.41, 5.74) is -0.0342. The van der Waals surface area contributed by atoms with Crippen molar-refractivity contribution in [3.05, 3.63) is 11.9 Å². The second-order valence-electron chi connectivity index (χ2n) is 4.44. The normalized spacial score (nSPS) is 17.4. The van der Waals surface area contributed by atoms with E-state index in [-0.39, 0.29) is 10.6 Å². The van der Waals surface area contributed by atoms with Crippen molar-refractivity contribution in [2.24, 2.45) is 7.05 Å². The molecular formula is C11H17N3O4S. The average Bonchev–Trinajstić information content (AvgIpc) is 2.81. The number of methoxy groups -OCH3 is 1. The predicted molar refractivity (Wildman–Crippen MR) is 67.2 cm³/mol. The van der Waals surface area contributed by atoms with Crippen LogP contribution in [0.2, 0.25) is 0 Å². The number of piperidine rings is 1. The Kier molecular flexibility index (Phi) is 3.91. The molecule has 0 aromatic carbocycles. The minimum absolute atomic E-state index is 0.0342. The summed E-state index contributed by atoms with van der Waals surface area (Å²) in [6.07, 6.45) is 3.92. The molecule has 0 aliphatic carbocycles. The number of ether oxygens (including phenoxy) is 1. The molecule has 106 valence electrons. The van der Waals surface area contributed by atoms with Crippen LogP contribution in [0.4, 0.5) is 0 Å². The fourth-order valence-corrected chi connectivity index (χ4v) is 3.84. The lowest BCUT2D eigenvalue weighted by atomic mass is 10.2. The number of hydrogen-bond donors (Lipinski definition) is 0. The van der Waals surface area contributed by atoms with Gasteiger partial charge in [0.15, 0.2) is 5.69 Å². The van der Waals surface area contributed by atoms with E-state index in [9.17, 15) is 13.2 Å². The number of aromatic nitrogens is 2. The number of sulfonamides is 1. The van der Waals surface area contributed by atoms with Crippen LogP contribution >= 0.6 is 0 Å². The predicted octanol–water partition coefficient (Wildman–Crippen LogP) is 0.381. The average molecular weight is 287 g/mol. The van der Waals surface area contributed by atoms with Gasteiger partial charge in [-0.3, -0.25) is 4.68 Å². The number of esters is 1. The van der Waals surface area contributed by atoms with Gasteiger partial charge in [-0.1, -0.05) is 6.42 Å². The number of carbonyl (C=O) groups excluding carboxylic acids is 1. The fourth-order valence-electron chi connectivity index (χ4n) is 2.18. The van der Waals surface area contributed by atoms with E-state index < -0.39 is 16.0 Å². The Morgan fingerprint density at radius 2 is 1.95 bits per heavy atom. The van der Waals surface area contributed by atoms with E-state index in [2.05, 4.69) is 9.84 Å². The van der Waals surface area contributed by atoms with Crippen molar-refractivity contribution in [1.82, 2.24) is 14.1 Å². The first kappa shape index (κ1) is 14.0. The maximum atomic E-state index is 12.5. The standard InChI is InChI=1S/C11H17N3O4S/c1-13-10(11(15)18-2)9(8-12-13)19(16,17)14-6-4-3-5-7-14/h8H,3-7H2,1-2H3. The Hall–Kier alpha value is -1.41. The van der Waals surface area contributed by atoms with Gasteiger partial charge in [-0.25, -0.2) is 13.2 Å². The third-order valence-electron chi connectivity index (χ3n) is 3.22. The van der Waals surface area contributed by atoms with E-state index in [0.717, 1.165) is 19.3 Å². The van der Waals surface area contributed by atoms with E-state index in [1.807, 2.05) is 0 Å². The van der Waals surface area contributed by atoms with Crippen molar-refractivity contribution < 1.29 is 17.9 Å². The lowest BCUT2D eigenvalue weighted by Crippen LogP contribution is -2.36. The van der Waals surface area contributed by atoms with Gasteiger partial charge in [0.25, 0.3) is 0 Å². The number of carbonyl (C=O) groups is 1. The molecule has 0 radical (unpaired) electrons. The van der Waals surface area contributed by atoms with Gasteiger partial charge in [-0.2, -0.15) is 9.40 Å². The van der Waals surface area contributed by atoms with Crippen molar-refractivity contribution in [2.75, 3.05) is 20.2 Å². The molecule has 2 rings (SSSR count). The van der Waals surface area contributed by atoms with Crippen molar-refractivity contribution >= 4 is 16.0 Å². The molecule has 1 saturated heterocycles. The number of nitrogens with zero attached hydrogens (tertiary/aromatic N) is 3. The van der Waals surface area contributed by atoms with Crippen LogP contribution in [0.3, 0.4) is 0 Å². The summed E-state index contributed by atoms with van der Waals surface area (Å²) in [6, 6.07) is 0. The van der Waals surface area contributed by atoms with Crippen molar-refractivity contribution in [2.45, 2.75) is 24.2 Å². The van der Waals surface area contributed by atoms with E-state index in [1.165, 1.54) is 29.3 Å². The van der Waals surface area contributed by atoms with Gasteiger partial charge in [-0.15, -0.1) is 0 Å². The lowest BCUT2D eigenvalue weighted by molar-refractivity contribution is 0.0583. The summed E-state index contributed by atoms with van der Waals surface area (Å²) in [7, 11) is -0.948. The minimum Gasteiger partial charge on any atom is -0.464 e. The molecular weight excluding hydrogens is 270 g/mol. The molecule has 0 unspecified atom stereocenters. The monoisotopic (exact) mass is 287 g/mol. The molecule has 1 aliphatic rings. The number of aryl methyl sites for hydroxylation is 1. The zero-order valence-electron chi connectivity index (χ0n) is 11.0. The van der Waals surface area contributed by atoms with E-state index >= 15 is 0 Å². The Bertz CT molecular complexity index is 573. The Morgan fingerprint density at radius 1 is 1.32 bits per heavy atom. The third-order valence-corrected chi connectivity index (χ3v) is 5.12. The van der Waals surface area contributed by atoms with E-state index in [1.54, 1.807) is 0 Å². The van der Waals surface area contributed by atoms with Gasteiger partial charge >= 0.3 is 5.97 Å². The number of rotatable bonds is 3. The fraction of sp³-hybridized carbons (Fsp3) is 0.636. The van der Waals surface area contributed by atoms with Crippen LogP contribution in [0.15, 0.2) is 11.1 Å². The van der Waals surface area contributed by atoms with Crippen LogP contribution in [0, 0.1) is 0 Å². The highest BCUT2D eigenvalue weighted by Gasteiger charge is 2.33. The highest BCUT2D eigenvalue weighted by atomic mass is 32.2. The van der Waals surface area contributed by atoms with Crippen LogP contribution in [0.5, 0.6) is 0 Å². The topological polar surface area (TPSA) is 81.5 Å². The molecule has 1 aliphatic heterocycles. The highest BCUT2D eigenvalue weighted by Crippen LogP contribution is 2.23. The van der Waals surface area contributed by atoms with Crippen LogP contribution in [0.1, 0.15) is 29.8 Å². The Morgan fingerprint density at radius 3 is 2.53 bits per heavy atom. The van der Waals surface area contributed by atoms with Gasteiger partial charge in [0.2, 0.25) is 10.0 Å². The smallest absolute Gasteiger partial charge is 0.357 e. The maximum absolute atomic E-state index is 12.5. The van der Waals surface area contributed by atoms with Crippen LogP contribution in [-0.2, 0) is 21.8 Å².